The summed E-state index contributed by atoms with van der Waals surface area (Å²) in [6.07, 6.45) is 2.64. The van der Waals surface area contributed by atoms with Gasteiger partial charge in [-0.25, -0.2) is 0 Å². The quantitative estimate of drug-likeness (QED) is 0.847. The molecule has 0 bridgehead atoms. The maximum absolute atomic E-state index is 3.70. The SMILES string of the molecule is Cc1ccc(C2(CNC(C)(C)C)CC(C)C2)cc1. The van der Waals surface area contributed by atoms with Crippen molar-refractivity contribution in [1.82, 2.24) is 5.32 Å². The van der Waals surface area contributed by atoms with E-state index in [1.165, 1.54) is 24.0 Å². The van der Waals surface area contributed by atoms with Gasteiger partial charge in [0, 0.05) is 17.5 Å². The molecule has 0 aromatic heterocycles. The van der Waals surface area contributed by atoms with Crippen LogP contribution in [0.4, 0.5) is 0 Å². The Balaban J connectivity index is 2.15. The van der Waals surface area contributed by atoms with Gasteiger partial charge >= 0.3 is 0 Å². The molecule has 1 fully saturated rings. The number of benzene rings is 1. The van der Waals surface area contributed by atoms with Crippen molar-refractivity contribution in [3.8, 4) is 0 Å². The topological polar surface area (TPSA) is 12.0 Å². The first-order chi connectivity index (χ1) is 8.31. The van der Waals surface area contributed by atoms with Crippen LogP contribution in [0.3, 0.4) is 0 Å². The zero-order valence-electron chi connectivity index (χ0n) is 12.5. The maximum Gasteiger partial charge on any atom is 0.00968 e. The van der Waals surface area contributed by atoms with Crippen LogP contribution in [0.1, 0.15) is 51.7 Å². The second kappa shape index (κ2) is 4.70. The standard InChI is InChI=1S/C17H27N/c1-13-6-8-15(9-7-13)17(10-14(2)11-17)12-18-16(3,4)5/h6-9,14,18H,10-12H2,1-5H3. The molecule has 0 radical (unpaired) electrons. The zero-order chi connectivity index (χ0) is 13.4. The van der Waals surface area contributed by atoms with E-state index < -0.39 is 0 Å². The van der Waals surface area contributed by atoms with Crippen LogP contribution in [0.2, 0.25) is 0 Å². The minimum Gasteiger partial charge on any atom is -0.311 e. The molecule has 1 aromatic rings. The highest BCUT2D eigenvalue weighted by Crippen LogP contribution is 2.47. The molecule has 0 unspecified atom stereocenters. The number of rotatable bonds is 3. The smallest absolute Gasteiger partial charge is 0.00968 e. The Morgan fingerprint density at radius 1 is 1.17 bits per heavy atom. The third-order valence-corrected chi connectivity index (χ3v) is 4.10. The van der Waals surface area contributed by atoms with Crippen LogP contribution in [0.25, 0.3) is 0 Å². The van der Waals surface area contributed by atoms with Crippen molar-refractivity contribution in [2.75, 3.05) is 6.54 Å². The van der Waals surface area contributed by atoms with Gasteiger partial charge in [0.1, 0.15) is 0 Å². The zero-order valence-corrected chi connectivity index (χ0v) is 12.5. The van der Waals surface area contributed by atoms with Crippen LogP contribution >= 0.6 is 0 Å². The van der Waals surface area contributed by atoms with Gasteiger partial charge < -0.3 is 5.32 Å². The van der Waals surface area contributed by atoms with Gasteiger partial charge in [0.25, 0.3) is 0 Å². The van der Waals surface area contributed by atoms with Crippen LogP contribution in [-0.4, -0.2) is 12.1 Å². The van der Waals surface area contributed by atoms with Crippen molar-refractivity contribution < 1.29 is 0 Å². The Morgan fingerprint density at radius 2 is 1.72 bits per heavy atom. The molecule has 0 heterocycles. The first-order valence-electron chi connectivity index (χ1n) is 7.13. The Bertz CT molecular complexity index is 391. The molecule has 1 nitrogen and oxygen atoms in total. The summed E-state index contributed by atoms with van der Waals surface area (Å²) >= 11 is 0. The second-order valence-electron chi connectivity index (χ2n) is 7.26. The highest BCUT2D eigenvalue weighted by molar-refractivity contribution is 5.32. The molecule has 0 atom stereocenters. The summed E-state index contributed by atoms with van der Waals surface area (Å²) < 4.78 is 0. The Kier molecular flexibility index (Phi) is 3.55. The molecule has 18 heavy (non-hydrogen) atoms. The van der Waals surface area contributed by atoms with Gasteiger partial charge in [-0.3, -0.25) is 0 Å². The number of nitrogens with one attached hydrogen (secondary N) is 1. The maximum atomic E-state index is 3.70. The van der Waals surface area contributed by atoms with Gasteiger partial charge in [-0.05, 0) is 52.0 Å². The van der Waals surface area contributed by atoms with Gasteiger partial charge in [0.05, 0.1) is 0 Å². The summed E-state index contributed by atoms with van der Waals surface area (Å²) in [5, 5.41) is 3.70. The molecule has 1 aromatic carbocycles. The molecule has 0 saturated heterocycles. The average molecular weight is 245 g/mol. The summed E-state index contributed by atoms with van der Waals surface area (Å²) in [5.41, 5.74) is 3.45. The normalized spacial score (nSPS) is 27.9. The Labute approximate surface area is 112 Å². The molecule has 0 amide bonds. The van der Waals surface area contributed by atoms with Crippen molar-refractivity contribution >= 4 is 0 Å². The monoisotopic (exact) mass is 245 g/mol. The van der Waals surface area contributed by atoms with Crippen molar-refractivity contribution in [2.24, 2.45) is 5.92 Å². The summed E-state index contributed by atoms with van der Waals surface area (Å²) in [4.78, 5) is 0. The van der Waals surface area contributed by atoms with Crippen molar-refractivity contribution in [3.63, 3.8) is 0 Å². The van der Waals surface area contributed by atoms with Crippen LogP contribution in [0.5, 0.6) is 0 Å². The van der Waals surface area contributed by atoms with Crippen molar-refractivity contribution in [1.29, 1.82) is 0 Å². The molecule has 0 aliphatic heterocycles. The lowest BCUT2D eigenvalue weighted by molar-refractivity contribution is 0.142. The van der Waals surface area contributed by atoms with Gasteiger partial charge in [-0.15, -0.1) is 0 Å². The lowest BCUT2D eigenvalue weighted by Crippen LogP contribution is -2.52. The third kappa shape index (κ3) is 2.95. The molecule has 1 aliphatic carbocycles. The predicted octanol–water partition coefficient (Wildman–Crippen LogP) is 4.05. The van der Waals surface area contributed by atoms with Crippen LogP contribution < -0.4 is 5.32 Å². The lowest BCUT2D eigenvalue weighted by Gasteiger charge is -2.48. The largest absolute Gasteiger partial charge is 0.311 e. The van der Waals surface area contributed by atoms with Crippen molar-refractivity contribution in [3.05, 3.63) is 35.4 Å². The molecule has 1 saturated carbocycles. The van der Waals surface area contributed by atoms with Crippen LogP contribution in [0.15, 0.2) is 24.3 Å². The van der Waals surface area contributed by atoms with Gasteiger partial charge in [-0.1, -0.05) is 36.8 Å². The molecule has 100 valence electrons. The summed E-state index contributed by atoms with van der Waals surface area (Å²) in [7, 11) is 0. The fraction of sp³-hybridized carbons (Fsp3) is 0.647. The van der Waals surface area contributed by atoms with Gasteiger partial charge in [0.15, 0.2) is 0 Å². The third-order valence-electron chi connectivity index (χ3n) is 4.10. The highest BCUT2D eigenvalue weighted by atomic mass is 15.0. The molecule has 2 rings (SSSR count). The number of aryl methyl sites for hydroxylation is 1. The lowest BCUT2D eigenvalue weighted by atomic mass is 9.59. The first kappa shape index (κ1) is 13.6. The molecule has 1 aliphatic rings. The molecule has 1 heteroatoms. The predicted molar refractivity (Wildman–Crippen MR) is 79.0 cm³/mol. The molecular formula is C17H27N. The van der Waals surface area contributed by atoms with E-state index in [4.69, 9.17) is 0 Å². The van der Waals surface area contributed by atoms with E-state index in [9.17, 15) is 0 Å². The fourth-order valence-electron chi connectivity index (χ4n) is 3.10. The summed E-state index contributed by atoms with van der Waals surface area (Å²) in [6.45, 7) is 12.4. The number of hydrogen-bond acceptors (Lipinski definition) is 1. The average Bonchev–Trinajstić information content (AvgIpc) is 2.23. The van der Waals surface area contributed by atoms with E-state index in [1.807, 2.05) is 0 Å². The summed E-state index contributed by atoms with van der Waals surface area (Å²) in [6, 6.07) is 9.14. The van der Waals surface area contributed by atoms with Crippen LogP contribution in [0, 0.1) is 12.8 Å². The minimum absolute atomic E-state index is 0.205. The second-order valence-corrected chi connectivity index (χ2v) is 7.26. The van der Waals surface area contributed by atoms with E-state index in [-0.39, 0.29) is 5.54 Å². The van der Waals surface area contributed by atoms with Crippen molar-refractivity contribution in [2.45, 2.75) is 58.4 Å². The molecule has 1 N–H and O–H groups in total. The van der Waals surface area contributed by atoms with E-state index in [1.54, 1.807) is 0 Å². The first-order valence-corrected chi connectivity index (χ1v) is 7.13. The van der Waals surface area contributed by atoms with E-state index in [0.717, 1.165) is 12.5 Å². The minimum atomic E-state index is 0.205. The number of hydrogen-bond donors (Lipinski definition) is 1. The fourth-order valence-corrected chi connectivity index (χ4v) is 3.10. The van der Waals surface area contributed by atoms with Gasteiger partial charge in [0.2, 0.25) is 0 Å². The van der Waals surface area contributed by atoms with Gasteiger partial charge in [-0.2, -0.15) is 0 Å². The van der Waals surface area contributed by atoms with Crippen LogP contribution in [-0.2, 0) is 5.41 Å². The Morgan fingerprint density at radius 3 is 2.17 bits per heavy atom. The van der Waals surface area contributed by atoms with E-state index in [0.29, 0.717) is 5.41 Å². The summed E-state index contributed by atoms with van der Waals surface area (Å²) in [5.74, 6) is 0.869. The van der Waals surface area contributed by atoms with E-state index in [2.05, 4.69) is 64.2 Å². The highest BCUT2D eigenvalue weighted by Gasteiger charge is 2.43. The molecular weight excluding hydrogens is 218 g/mol. The molecule has 0 spiro atoms. The Hall–Kier alpha value is -0.820. The van der Waals surface area contributed by atoms with E-state index >= 15 is 0 Å².